The van der Waals surface area contributed by atoms with E-state index in [1.54, 1.807) is 11.3 Å². The van der Waals surface area contributed by atoms with Crippen LogP contribution >= 0.6 is 27.3 Å². The monoisotopic (exact) mass is 334 g/mol. The Morgan fingerprint density at radius 2 is 2.21 bits per heavy atom. The molecule has 0 fully saturated rings. The van der Waals surface area contributed by atoms with E-state index < -0.39 is 0 Å². The van der Waals surface area contributed by atoms with Crippen molar-refractivity contribution in [2.75, 3.05) is 6.54 Å². The summed E-state index contributed by atoms with van der Waals surface area (Å²) in [6, 6.07) is 14.4. The molecule has 0 bridgehead atoms. The van der Waals surface area contributed by atoms with E-state index in [1.807, 2.05) is 18.2 Å². The first-order valence-corrected chi connectivity index (χ1v) is 7.77. The summed E-state index contributed by atoms with van der Waals surface area (Å²) in [7, 11) is 0. The van der Waals surface area contributed by atoms with Crippen LogP contribution in [-0.4, -0.2) is 6.54 Å². The molecule has 0 amide bonds. The van der Waals surface area contributed by atoms with Gasteiger partial charge in [-0.15, -0.1) is 11.3 Å². The topological polar surface area (TPSA) is 35.8 Å². The maximum atomic E-state index is 8.90. The Balaban J connectivity index is 1.87. The fraction of sp³-hybridized carbons (Fsp3) is 0.267. The first kappa shape index (κ1) is 14.3. The second-order valence-corrected chi connectivity index (χ2v) is 6.92. The first-order valence-electron chi connectivity index (χ1n) is 6.16. The smallest absolute Gasteiger partial charge is 0.0991 e. The van der Waals surface area contributed by atoms with Crippen molar-refractivity contribution in [3.63, 3.8) is 0 Å². The Morgan fingerprint density at radius 3 is 2.89 bits per heavy atom. The molecule has 0 aliphatic carbocycles. The van der Waals surface area contributed by atoms with Gasteiger partial charge in [-0.05, 0) is 59.1 Å². The van der Waals surface area contributed by atoms with Gasteiger partial charge < -0.3 is 5.32 Å². The molecule has 0 aliphatic rings. The zero-order valence-corrected chi connectivity index (χ0v) is 13.1. The van der Waals surface area contributed by atoms with E-state index in [-0.39, 0.29) is 6.04 Å². The molecule has 0 aliphatic heterocycles. The van der Waals surface area contributed by atoms with Crippen LogP contribution in [0, 0.1) is 11.3 Å². The Hall–Kier alpha value is -1.15. The van der Waals surface area contributed by atoms with Crippen molar-refractivity contribution in [2.45, 2.75) is 19.4 Å². The standard InChI is InChI=1S/C15H15BrN2S/c1-11(13-4-2-3-12(9-13)10-17)18-8-7-14-5-6-15(16)19-14/h2-6,9,11,18H,7-8H2,1H3. The third-order valence-electron chi connectivity index (χ3n) is 2.97. The predicted molar refractivity (Wildman–Crippen MR) is 83.3 cm³/mol. The molecule has 1 aromatic heterocycles. The van der Waals surface area contributed by atoms with Crippen molar-refractivity contribution in [1.29, 1.82) is 5.26 Å². The van der Waals surface area contributed by atoms with Crippen LogP contribution in [0.5, 0.6) is 0 Å². The Kier molecular flexibility index (Phi) is 5.15. The molecule has 2 rings (SSSR count). The molecule has 1 aromatic carbocycles. The maximum absolute atomic E-state index is 8.90. The molecule has 19 heavy (non-hydrogen) atoms. The molecule has 4 heteroatoms. The molecule has 0 saturated carbocycles. The zero-order chi connectivity index (χ0) is 13.7. The van der Waals surface area contributed by atoms with Gasteiger partial charge >= 0.3 is 0 Å². The van der Waals surface area contributed by atoms with Gasteiger partial charge in [0.2, 0.25) is 0 Å². The van der Waals surface area contributed by atoms with Crippen molar-refractivity contribution < 1.29 is 0 Å². The van der Waals surface area contributed by atoms with E-state index in [2.05, 4.69) is 52.4 Å². The molecule has 1 unspecified atom stereocenters. The fourth-order valence-corrected chi connectivity index (χ4v) is 3.38. The van der Waals surface area contributed by atoms with E-state index in [0.29, 0.717) is 5.56 Å². The highest BCUT2D eigenvalue weighted by Gasteiger charge is 2.05. The molecular formula is C15H15BrN2S. The minimum Gasteiger partial charge on any atom is -0.310 e. The lowest BCUT2D eigenvalue weighted by atomic mass is 10.1. The molecule has 2 nitrogen and oxygen atoms in total. The minimum absolute atomic E-state index is 0.261. The molecule has 1 N–H and O–H groups in total. The van der Waals surface area contributed by atoms with E-state index in [0.717, 1.165) is 18.5 Å². The average Bonchev–Trinajstić information content (AvgIpc) is 2.84. The van der Waals surface area contributed by atoms with Crippen LogP contribution in [0.2, 0.25) is 0 Å². The predicted octanol–water partition coefficient (Wildman–Crippen LogP) is 4.28. The second kappa shape index (κ2) is 6.85. The highest BCUT2D eigenvalue weighted by molar-refractivity contribution is 9.11. The largest absolute Gasteiger partial charge is 0.310 e. The number of nitrogens with one attached hydrogen (secondary N) is 1. The molecule has 98 valence electrons. The van der Waals surface area contributed by atoms with Crippen molar-refractivity contribution in [1.82, 2.24) is 5.32 Å². The molecule has 1 heterocycles. The van der Waals surface area contributed by atoms with Crippen LogP contribution in [0.1, 0.15) is 29.0 Å². The molecular weight excluding hydrogens is 320 g/mol. The summed E-state index contributed by atoms with van der Waals surface area (Å²) >= 11 is 5.25. The van der Waals surface area contributed by atoms with Gasteiger partial charge in [-0.25, -0.2) is 0 Å². The Morgan fingerprint density at radius 1 is 1.37 bits per heavy atom. The lowest BCUT2D eigenvalue weighted by Gasteiger charge is -2.14. The second-order valence-electron chi connectivity index (χ2n) is 4.37. The highest BCUT2D eigenvalue weighted by atomic mass is 79.9. The number of nitrogens with zero attached hydrogens (tertiary/aromatic N) is 1. The van der Waals surface area contributed by atoms with Crippen molar-refractivity contribution in [2.24, 2.45) is 0 Å². The SMILES string of the molecule is CC(NCCc1ccc(Br)s1)c1cccc(C#N)c1. The molecule has 2 aromatic rings. The van der Waals surface area contributed by atoms with Crippen molar-refractivity contribution >= 4 is 27.3 Å². The lowest BCUT2D eigenvalue weighted by molar-refractivity contribution is 0.578. The molecule has 1 atom stereocenters. The maximum Gasteiger partial charge on any atom is 0.0991 e. The third-order valence-corrected chi connectivity index (χ3v) is 4.65. The number of halogens is 1. The Labute approximate surface area is 126 Å². The van der Waals surface area contributed by atoms with Gasteiger partial charge in [-0.2, -0.15) is 5.26 Å². The number of hydrogen-bond donors (Lipinski definition) is 1. The third kappa shape index (κ3) is 4.17. The van der Waals surface area contributed by atoms with Gasteiger partial charge in [0.25, 0.3) is 0 Å². The van der Waals surface area contributed by atoms with E-state index in [1.165, 1.54) is 8.66 Å². The van der Waals surface area contributed by atoms with Gasteiger partial charge in [-0.1, -0.05) is 12.1 Å². The van der Waals surface area contributed by atoms with Gasteiger partial charge in [0.1, 0.15) is 0 Å². The number of benzene rings is 1. The van der Waals surface area contributed by atoms with Crippen LogP contribution < -0.4 is 5.32 Å². The number of rotatable bonds is 5. The van der Waals surface area contributed by atoms with Gasteiger partial charge in [-0.3, -0.25) is 0 Å². The minimum atomic E-state index is 0.261. The summed E-state index contributed by atoms with van der Waals surface area (Å²) in [5.74, 6) is 0. The van der Waals surface area contributed by atoms with E-state index in [4.69, 9.17) is 5.26 Å². The van der Waals surface area contributed by atoms with Crippen molar-refractivity contribution in [3.05, 3.63) is 56.2 Å². The first-order chi connectivity index (χ1) is 9.19. The van der Waals surface area contributed by atoms with Gasteiger partial charge in [0.05, 0.1) is 15.4 Å². The fourth-order valence-electron chi connectivity index (χ4n) is 1.89. The van der Waals surface area contributed by atoms with E-state index >= 15 is 0 Å². The molecule has 0 radical (unpaired) electrons. The Bertz CT molecular complexity index is 586. The summed E-state index contributed by atoms with van der Waals surface area (Å²) in [5, 5.41) is 12.4. The normalized spacial score (nSPS) is 12.1. The molecule has 0 saturated heterocycles. The number of hydrogen-bond acceptors (Lipinski definition) is 3. The van der Waals surface area contributed by atoms with Crippen LogP contribution in [-0.2, 0) is 6.42 Å². The summed E-state index contributed by atoms with van der Waals surface area (Å²) in [5.41, 5.74) is 1.87. The van der Waals surface area contributed by atoms with Crippen LogP contribution in [0.25, 0.3) is 0 Å². The van der Waals surface area contributed by atoms with Gasteiger partial charge in [0.15, 0.2) is 0 Å². The summed E-state index contributed by atoms with van der Waals surface area (Å²) in [6.07, 6.45) is 1.03. The highest BCUT2D eigenvalue weighted by Crippen LogP contribution is 2.22. The summed E-state index contributed by atoms with van der Waals surface area (Å²) < 4.78 is 1.18. The lowest BCUT2D eigenvalue weighted by Crippen LogP contribution is -2.21. The van der Waals surface area contributed by atoms with Crippen LogP contribution in [0.3, 0.4) is 0 Å². The summed E-state index contributed by atoms with van der Waals surface area (Å²) in [6.45, 7) is 3.06. The van der Waals surface area contributed by atoms with Crippen LogP contribution in [0.15, 0.2) is 40.2 Å². The van der Waals surface area contributed by atoms with E-state index in [9.17, 15) is 0 Å². The molecule has 0 spiro atoms. The zero-order valence-electron chi connectivity index (χ0n) is 10.7. The number of nitriles is 1. The summed E-state index contributed by atoms with van der Waals surface area (Å²) in [4.78, 5) is 1.37. The van der Waals surface area contributed by atoms with Crippen LogP contribution in [0.4, 0.5) is 0 Å². The van der Waals surface area contributed by atoms with Crippen molar-refractivity contribution in [3.8, 4) is 6.07 Å². The quantitative estimate of drug-likeness (QED) is 0.885. The number of thiophene rings is 1. The average molecular weight is 335 g/mol. The van der Waals surface area contributed by atoms with Gasteiger partial charge in [0, 0.05) is 17.5 Å².